The van der Waals surface area contributed by atoms with E-state index < -0.39 is 15.7 Å². The molecule has 0 atom stereocenters. The SMILES string of the molecule is CS(=O)(=O)c1ccccc1C(=O)N1CCCN1C(=O)Cc1ccc2c(c1)OCO2. The number of fused-ring (bicyclic) bond motifs is 1. The van der Waals surface area contributed by atoms with E-state index in [1.54, 1.807) is 30.3 Å². The quantitative estimate of drug-likeness (QED) is 0.753. The van der Waals surface area contributed by atoms with Crippen molar-refractivity contribution in [2.75, 3.05) is 26.1 Å². The molecule has 2 aliphatic rings. The Bertz CT molecular complexity index is 1080. The molecule has 152 valence electrons. The number of amides is 2. The molecule has 0 N–H and O–H groups in total. The molecule has 9 heteroatoms. The number of nitrogens with zero attached hydrogens (tertiary/aromatic N) is 2. The van der Waals surface area contributed by atoms with Gasteiger partial charge < -0.3 is 9.47 Å². The van der Waals surface area contributed by atoms with Crippen LogP contribution in [0.3, 0.4) is 0 Å². The third-order valence-electron chi connectivity index (χ3n) is 4.86. The molecule has 0 aromatic heterocycles. The van der Waals surface area contributed by atoms with E-state index in [-0.39, 0.29) is 29.6 Å². The molecule has 1 saturated heterocycles. The number of sulfone groups is 1. The van der Waals surface area contributed by atoms with Gasteiger partial charge in [0.05, 0.1) is 16.9 Å². The fraction of sp³-hybridized carbons (Fsp3) is 0.300. The number of hydrogen-bond donors (Lipinski definition) is 0. The Morgan fingerprint density at radius 1 is 1.00 bits per heavy atom. The van der Waals surface area contributed by atoms with Gasteiger partial charge in [-0.05, 0) is 36.2 Å². The smallest absolute Gasteiger partial charge is 0.273 e. The number of benzene rings is 2. The first-order valence-electron chi connectivity index (χ1n) is 9.14. The monoisotopic (exact) mass is 416 g/mol. The van der Waals surface area contributed by atoms with Crippen molar-refractivity contribution in [1.29, 1.82) is 0 Å². The van der Waals surface area contributed by atoms with Crippen LogP contribution in [-0.4, -0.2) is 56.4 Å². The number of ether oxygens (including phenoxy) is 2. The van der Waals surface area contributed by atoms with Crippen LogP contribution in [-0.2, 0) is 21.1 Å². The van der Waals surface area contributed by atoms with Gasteiger partial charge in [-0.2, -0.15) is 0 Å². The lowest BCUT2D eigenvalue weighted by molar-refractivity contribution is -0.139. The first-order valence-corrected chi connectivity index (χ1v) is 11.0. The Labute approximate surface area is 168 Å². The van der Waals surface area contributed by atoms with Gasteiger partial charge in [0.15, 0.2) is 21.3 Å². The highest BCUT2D eigenvalue weighted by Crippen LogP contribution is 2.33. The lowest BCUT2D eigenvalue weighted by Gasteiger charge is -2.28. The van der Waals surface area contributed by atoms with Crippen LogP contribution in [0.25, 0.3) is 0 Å². The maximum Gasteiger partial charge on any atom is 0.273 e. The molecule has 2 amide bonds. The molecule has 29 heavy (non-hydrogen) atoms. The highest BCUT2D eigenvalue weighted by atomic mass is 32.2. The number of carbonyl (C=O) groups excluding carboxylic acids is 2. The molecule has 0 unspecified atom stereocenters. The summed E-state index contributed by atoms with van der Waals surface area (Å²) in [6, 6.07) is 11.3. The second-order valence-electron chi connectivity index (χ2n) is 6.93. The molecular weight excluding hydrogens is 396 g/mol. The third kappa shape index (κ3) is 3.77. The molecule has 2 aliphatic heterocycles. The van der Waals surface area contributed by atoms with Gasteiger partial charge in [-0.1, -0.05) is 18.2 Å². The zero-order chi connectivity index (χ0) is 20.6. The predicted octanol–water partition coefficient (Wildman–Crippen LogP) is 1.65. The summed E-state index contributed by atoms with van der Waals surface area (Å²) in [6.07, 6.45) is 1.78. The molecule has 8 nitrogen and oxygen atoms in total. The van der Waals surface area contributed by atoms with E-state index in [1.807, 2.05) is 0 Å². The molecule has 0 bridgehead atoms. The average Bonchev–Trinajstić information content (AvgIpc) is 3.35. The summed E-state index contributed by atoms with van der Waals surface area (Å²) in [4.78, 5) is 25.9. The van der Waals surface area contributed by atoms with Gasteiger partial charge in [-0.15, -0.1) is 0 Å². The Kier molecular flexibility index (Phi) is 4.91. The first-order chi connectivity index (χ1) is 13.8. The molecule has 2 heterocycles. The summed E-state index contributed by atoms with van der Waals surface area (Å²) in [6.45, 7) is 0.904. The van der Waals surface area contributed by atoms with E-state index in [0.29, 0.717) is 31.0 Å². The number of carbonyl (C=O) groups is 2. The van der Waals surface area contributed by atoms with Crippen LogP contribution in [0.15, 0.2) is 47.4 Å². The van der Waals surface area contributed by atoms with Crippen LogP contribution >= 0.6 is 0 Å². The van der Waals surface area contributed by atoms with Crippen LogP contribution in [0.4, 0.5) is 0 Å². The second-order valence-corrected chi connectivity index (χ2v) is 8.92. The minimum Gasteiger partial charge on any atom is -0.454 e. The Morgan fingerprint density at radius 3 is 2.52 bits per heavy atom. The maximum atomic E-state index is 13.1. The summed E-state index contributed by atoms with van der Waals surface area (Å²) in [5.74, 6) is 0.484. The van der Waals surface area contributed by atoms with Crippen molar-refractivity contribution in [2.45, 2.75) is 17.7 Å². The van der Waals surface area contributed by atoms with E-state index in [0.717, 1.165) is 11.8 Å². The summed E-state index contributed by atoms with van der Waals surface area (Å²) >= 11 is 0. The highest BCUT2D eigenvalue weighted by Gasteiger charge is 2.33. The second kappa shape index (κ2) is 7.40. The van der Waals surface area contributed by atoms with Gasteiger partial charge in [0.2, 0.25) is 12.7 Å². The van der Waals surface area contributed by atoms with E-state index in [9.17, 15) is 18.0 Å². The molecule has 0 radical (unpaired) electrons. The normalized spacial score (nSPS) is 15.6. The lowest BCUT2D eigenvalue weighted by Crippen LogP contribution is -2.45. The zero-order valence-electron chi connectivity index (χ0n) is 15.8. The Hall–Kier alpha value is -3.07. The Balaban J connectivity index is 1.55. The van der Waals surface area contributed by atoms with Gasteiger partial charge in [0.25, 0.3) is 5.91 Å². The van der Waals surface area contributed by atoms with Crippen LogP contribution in [0, 0.1) is 0 Å². The molecule has 2 aromatic rings. The van der Waals surface area contributed by atoms with Crippen molar-refractivity contribution in [3.05, 3.63) is 53.6 Å². The van der Waals surface area contributed by atoms with Crippen molar-refractivity contribution >= 4 is 21.7 Å². The first kappa shape index (κ1) is 19.3. The largest absolute Gasteiger partial charge is 0.454 e. The molecule has 0 aliphatic carbocycles. The van der Waals surface area contributed by atoms with E-state index in [2.05, 4.69) is 0 Å². The molecular formula is C20H20N2O6S. The molecule has 0 spiro atoms. The number of hydrogen-bond acceptors (Lipinski definition) is 6. The fourth-order valence-corrected chi connectivity index (χ4v) is 4.39. The third-order valence-corrected chi connectivity index (χ3v) is 6.02. The zero-order valence-corrected chi connectivity index (χ0v) is 16.6. The maximum absolute atomic E-state index is 13.1. The van der Waals surface area contributed by atoms with E-state index >= 15 is 0 Å². The molecule has 0 saturated carbocycles. The van der Waals surface area contributed by atoms with Crippen molar-refractivity contribution in [3.63, 3.8) is 0 Å². The Morgan fingerprint density at radius 2 is 1.72 bits per heavy atom. The fourth-order valence-electron chi connectivity index (χ4n) is 3.50. The lowest BCUT2D eigenvalue weighted by atomic mass is 10.1. The number of hydrazine groups is 1. The van der Waals surface area contributed by atoms with Crippen LogP contribution < -0.4 is 9.47 Å². The van der Waals surface area contributed by atoms with E-state index in [4.69, 9.17) is 9.47 Å². The van der Waals surface area contributed by atoms with Gasteiger partial charge in [0.1, 0.15) is 0 Å². The van der Waals surface area contributed by atoms with Crippen molar-refractivity contribution < 1.29 is 27.5 Å². The summed E-state index contributed by atoms with van der Waals surface area (Å²) in [7, 11) is -3.58. The highest BCUT2D eigenvalue weighted by molar-refractivity contribution is 7.90. The van der Waals surface area contributed by atoms with Crippen LogP contribution in [0.2, 0.25) is 0 Å². The standard InChI is InChI=1S/C20H20N2O6S/c1-29(25,26)18-6-3-2-5-15(18)20(24)22-10-4-9-21(22)19(23)12-14-7-8-16-17(11-14)28-13-27-16/h2-3,5-8,11H,4,9-10,12-13H2,1H3. The summed E-state index contributed by atoms with van der Waals surface area (Å²) < 4.78 is 34.7. The van der Waals surface area contributed by atoms with E-state index in [1.165, 1.54) is 22.2 Å². The van der Waals surface area contributed by atoms with Gasteiger partial charge in [0, 0.05) is 19.3 Å². The topological polar surface area (TPSA) is 93.2 Å². The van der Waals surface area contributed by atoms with Gasteiger partial charge in [-0.3, -0.25) is 14.6 Å². The van der Waals surface area contributed by atoms with Crippen LogP contribution in [0.5, 0.6) is 11.5 Å². The van der Waals surface area contributed by atoms with Gasteiger partial charge in [-0.25, -0.2) is 13.4 Å². The van der Waals surface area contributed by atoms with Crippen LogP contribution in [0.1, 0.15) is 22.3 Å². The predicted molar refractivity (Wildman–Crippen MR) is 103 cm³/mol. The average molecular weight is 416 g/mol. The number of rotatable bonds is 4. The van der Waals surface area contributed by atoms with Gasteiger partial charge >= 0.3 is 0 Å². The summed E-state index contributed by atoms with van der Waals surface area (Å²) in [5.41, 5.74) is 0.813. The van der Waals surface area contributed by atoms with Crippen molar-refractivity contribution in [1.82, 2.24) is 10.0 Å². The minimum atomic E-state index is -3.58. The molecule has 1 fully saturated rings. The molecule has 4 rings (SSSR count). The van der Waals surface area contributed by atoms with Crippen molar-refractivity contribution in [3.8, 4) is 11.5 Å². The minimum absolute atomic E-state index is 0.0416. The summed E-state index contributed by atoms with van der Waals surface area (Å²) in [5, 5.41) is 2.73. The molecule has 2 aromatic carbocycles. The van der Waals surface area contributed by atoms with Crippen molar-refractivity contribution in [2.24, 2.45) is 0 Å².